The van der Waals surface area contributed by atoms with Crippen LogP contribution < -0.4 is 16.0 Å². The highest BCUT2D eigenvalue weighted by Gasteiger charge is 2.26. The number of benzene rings is 1. The van der Waals surface area contributed by atoms with Crippen LogP contribution in [-0.4, -0.2) is 23.0 Å². The maximum atomic E-state index is 12.5. The summed E-state index contributed by atoms with van der Waals surface area (Å²) in [5.41, 5.74) is 1.45. The molecule has 0 aliphatic heterocycles. The number of amides is 1. The molecule has 2 rings (SSSR count). The van der Waals surface area contributed by atoms with Crippen LogP contribution in [0.3, 0.4) is 0 Å². The normalized spacial score (nSPS) is 12.6. The van der Waals surface area contributed by atoms with Crippen molar-refractivity contribution in [2.24, 2.45) is 10.4 Å². The predicted molar refractivity (Wildman–Crippen MR) is 110 cm³/mol. The summed E-state index contributed by atoms with van der Waals surface area (Å²) in [6.45, 7) is 5.94. The Hall–Kier alpha value is -3.40. The molecule has 1 unspecified atom stereocenters. The van der Waals surface area contributed by atoms with Crippen molar-refractivity contribution >= 4 is 17.6 Å². The molecule has 0 aliphatic carbocycles. The molecule has 0 bridgehead atoms. The van der Waals surface area contributed by atoms with Gasteiger partial charge in [0.1, 0.15) is 6.17 Å². The zero-order valence-corrected chi connectivity index (χ0v) is 16.4. The molecule has 1 aromatic heterocycles. The van der Waals surface area contributed by atoms with Crippen LogP contribution in [0.5, 0.6) is 0 Å². The number of hydrogen-bond donors (Lipinski definition) is 3. The Labute approximate surface area is 165 Å². The van der Waals surface area contributed by atoms with E-state index in [1.165, 1.54) is 0 Å². The fourth-order valence-electron chi connectivity index (χ4n) is 2.42. The SMILES string of the molecule is CC(C)(C)C(/N=C(/NC#N)Nc1cccnc1)NC(=O)CCc1ccccc1. The number of carbonyl (C=O) groups is 1. The van der Waals surface area contributed by atoms with Crippen LogP contribution in [0.25, 0.3) is 0 Å². The van der Waals surface area contributed by atoms with E-state index in [9.17, 15) is 4.79 Å². The van der Waals surface area contributed by atoms with E-state index in [-0.39, 0.29) is 17.3 Å². The third-order valence-corrected chi connectivity index (χ3v) is 3.96. The third kappa shape index (κ3) is 7.08. The second kappa shape index (κ2) is 10.1. The molecule has 1 heterocycles. The summed E-state index contributed by atoms with van der Waals surface area (Å²) in [6.07, 6.45) is 5.65. The molecule has 1 amide bonds. The van der Waals surface area contributed by atoms with Gasteiger partial charge >= 0.3 is 0 Å². The van der Waals surface area contributed by atoms with Gasteiger partial charge in [-0.3, -0.25) is 15.1 Å². The molecule has 1 atom stereocenters. The molecule has 3 N–H and O–H groups in total. The maximum Gasteiger partial charge on any atom is 0.221 e. The van der Waals surface area contributed by atoms with E-state index < -0.39 is 6.17 Å². The van der Waals surface area contributed by atoms with Crippen molar-refractivity contribution < 1.29 is 4.79 Å². The molecule has 2 aromatic rings. The van der Waals surface area contributed by atoms with Crippen molar-refractivity contribution in [1.29, 1.82) is 5.26 Å². The van der Waals surface area contributed by atoms with Gasteiger partial charge in [-0.15, -0.1) is 0 Å². The first-order chi connectivity index (χ1) is 13.4. The summed E-state index contributed by atoms with van der Waals surface area (Å²) in [4.78, 5) is 21.0. The summed E-state index contributed by atoms with van der Waals surface area (Å²) in [6, 6.07) is 13.5. The van der Waals surface area contributed by atoms with E-state index in [2.05, 4.69) is 25.9 Å². The standard InChI is InChI=1S/C21H26N6O/c1-21(2,3)19(26-18(28)12-11-16-8-5-4-6-9-16)27-20(24-15-22)25-17-10-7-13-23-14-17/h4-10,13-14,19H,11-12H2,1-3H3,(H,26,28)(H2,24,25,27). The first kappa shape index (κ1) is 20.9. The zero-order chi connectivity index (χ0) is 20.4. The summed E-state index contributed by atoms with van der Waals surface area (Å²) in [5, 5.41) is 17.6. The monoisotopic (exact) mass is 378 g/mol. The van der Waals surface area contributed by atoms with Crippen LogP contribution in [0.1, 0.15) is 32.8 Å². The van der Waals surface area contributed by atoms with Crippen LogP contribution in [0.4, 0.5) is 5.69 Å². The average molecular weight is 378 g/mol. The smallest absolute Gasteiger partial charge is 0.221 e. The fourth-order valence-corrected chi connectivity index (χ4v) is 2.42. The van der Waals surface area contributed by atoms with E-state index in [0.29, 0.717) is 18.5 Å². The maximum absolute atomic E-state index is 12.5. The number of nitrogens with one attached hydrogen (secondary N) is 3. The molecular formula is C21H26N6O. The zero-order valence-electron chi connectivity index (χ0n) is 16.4. The minimum absolute atomic E-state index is 0.0924. The van der Waals surface area contributed by atoms with E-state index in [0.717, 1.165) is 5.56 Å². The lowest BCUT2D eigenvalue weighted by Crippen LogP contribution is -2.44. The number of hydrogen-bond acceptors (Lipinski definition) is 4. The summed E-state index contributed by atoms with van der Waals surface area (Å²) in [5.74, 6) is 0.156. The molecule has 7 nitrogen and oxygen atoms in total. The van der Waals surface area contributed by atoms with Crippen molar-refractivity contribution in [1.82, 2.24) is 15.6 Å². The van der Waals surface area contributed by atoms with Gasteiger partial charge in [0.15, 0.2) is 6.19 Å². The summed E-state index contributed by atoms with van der Waals surface area (Å²) < 4.78 is 0. The molecule has 0 spiro atoms. The van der Waals surface area contributed by atoms with Crippen molar-refractivity contribution in [3.63, 3.8) is 0 Å². The van der Waals surface area contributed by atoms with E-state index in [1.807, 2.05) is 63.4 Å². The Morgan fingerprint density at radius 1 is 1.21 bits per heavy atom. The van der Waals surface area contributed by atoms with E-state index in [4.69, 9.17) is 5.26 Å². The summed E-state index contributed by atoms with van der Waals surface area (Å²) in [7, 11) is 0. The Bertz CT molecular complexity index is 821. The molecule has 0 radical (unpaired) electrons. The van der Waals surface area contributed by atoms with Gasteiger partial charge in [0, 0.05) is 18.0 Å². The Balaban J connectivity index is 2.08. The number of nitriles is 1. The van der Waals surface area contributed by atoms with E-state index >= 15 is 0 Å². The number of rotatable bonds is 6. The van der Waals surface area contributed by atoms with Gasteiger partial charge in [-0.2, -0.15) is 5.26 Å². The lowest BCUT2D eigenvalue weighted by molar-refractivity contribution is -0.122. The lowest BCUT2D eigenvalue weighted by atomic mass is 9.92. The van der Waals surface area contributed by atoms with Crippen molar-refractivity contribution in [3.05, 3.63) is 60.4 Å². The second-order valence-electron chi connectivity index (χ2n) is 7.40. The van der Waals surface area contributed by atoms with Gasteiger partial charge in [-0.05, 0) is 24.1 Å². The van der Waals surface area contributed by atoms with Gasteiger partial charge < -0.3 is 10.6 Å². The van der Waals surface area contributed by atoms with Gasteiger partial charge in [0.2, 0.25) is 11.9 Å². The van der Waals surface area contributed by atoms with Crippen molar-refractivity contribution in [3.8, 4) is 6.19 Å². The minimum atomic E-state index is -0.518. The molecule has 1 aromatic carbocycles. The van der Waals surface area contributed by atoms with Crippen molar-refractivity contribution in [2.75, 3.05) is 5.32 Å². The Kier molecular flexibility index (Phi) is 7.52. The predicted octanol–water partition coefficient (Wildman–Crippen LogP) is 3.04. The minimum Gasteiger partial charge on any atom is -0.334 e. The fraction of sp³-hybridized carbons (Fsp3) is 0.333. The summed E-state index contributed by atoms with van der Waals surface area (Å²) >= 11 is 0. The molecule has 0 saturated carbocycles. The molecular weight excluding hydrogens is 352 g/mol. The molecule has 7 heteroatoms. The highest BCUT2D eigenvalue weighted by molar-refractivity contribution is 5.94. The van der Waals surface area contributed by atoms with Crippen LogP contribution >= 0.6 is 0 Å². The van der Waals surface area contributed by atoms with Crippen LogP contribution in [0.2, 0.25) is 0 Å². The highest BCUT2D eigenvalue weighted by Crippen LogP contribution is 2.21. The molecule has 0 aliphatic rings. The number of anilines is 1. The van der Waals surface area contributed by atoms with Crippen LogP contribution in [0, 0.1) is 16.9 Å². The van der Waals surface area contributed by atoms with Crippen LogP contribution in [-0.2, 0) is 11.2 Å². The quantitative estimate of drug-likeness (QED) is 0.310. The number of aryl methyl sites for hydroxylation is 1. The average Bonchev–Trinajstić information content (AvgIpc) is 2.67. The Morgan fingerprint density at radius 2 is 1.96 bits per heavy atom. The molecule has 146 valence electrons. The molecule has 0 saturated heterocycles. The molecule has 0 fully saturated rings. The number of guanidine groups is 1. The number of pyridine rings is 1. The van der Waals surface area contributed by atoms with E-state index in [1.54, 1.807) is 18.5 Å². The van der Waals surface area contributed by atoms with Gasteiger partial charge in [-0.1, -0.05) is 51.1 Å². The van der Waals surface area contributed by atoms with Gasteiger partial charge in [0.05, 0.1) is 11.9 Å². The first-order valence-electron chi connectivity index (χ1n) is 9.12. The number of aliphatic imine (C=N–C) groups is 1. The van der Waals surface area contributed by atoms with Crippen molar-refractivity contribution in [2.45, 2.75) is 39.8 Å². The number of aromatic nitrogens is 1. The van der Waals surface area contributed by atoms with Gasteiger partial charge in [-0.25, -0.2) is 4.99 Å². The van der Waals surface area contributed by atoms with Crippen LogP contribution in [0.15, 0.2) is 59.9 Å². The first-order valence-corrected chi connectivity index (χ1v) is 9.12. The second-order valence-corrected chi connectivity index (χ2v) is 7.40. The third-order valence-electron chi connectivity index (χ3n) is 3.96. The largest absolute Gasteiger partial charge is 0.334 e. The topological polar surface area (TPSA) is 102 Å². The Morgan fingerprint density at radius 3 is 2.57 bits per heavy atom. The number of nitrogens with zero attached hydrogens (tertiary/aromatic N) is 3. The molecule has 28 heavy (non-hydrogen) atoms. The highest BCUT2D eigenvalue weighted by atomic mass is 16.1. The lowest BCUT2D eigenvalue weighted by Gasteiger charge is -2.29. The van der Waals surface area contributed by atoms with Gasteiger partial charge in [0.25, 0.3) is 0 Å². The number of carbonyl (C=O) groups excluding carboxylic acids is 1.